The van der Waals surface area contributed by atoms with Crippen molar-refractivity contribution >= 4 is 63.3 Å². The maximum Gasteiger partial charge on any atom is 0.331 e. The Bertz CT molecular complexity index is 1310. The molecule has 3 aromatic rings. The molecule has 0 saturated carbocycles. The van der Waals surface area contributed by atoms with Gasteiger partial charge >= 0.3 is 5.69 Å². The number of carbonyl (C=O) groups excluding carboxylic acids is 1. The molecule has 8 nitrogen and oxygen atoms in total. The van der Waals surface area contributed by atoms with Gasteiger partial charge in [0.1, 0.15) is 0 Å². The first-order valence-corrected chi connectivity index (χ1v) is 11.0. The van der Waals surface area contributed by atoms with Gasteiger partial charge in [-0.05, 0) is 48.0 Å². The van der Waals surface area contributed by atoms with Crippen molar-refractivity contribution in [3.05, 3.63) is 86.4 Å². The zero-order valence-corrected chi connectivity index (χ0v) is 19.3. The van der Waals surface area contributed by atoms with Gasteiger partial charge in [-0.1, -0.05) is 47.7 Å². The molecule has 2 aromatic carbocycles. The first-order valence-electron chi connectivity index (χ1n) is 9.36. The fourth-order valence-electron chi connectivity index (χ4n) is 3.02. The van der Waals surface area contributed by atoms with Crippen LogP contribution in [0.25, 0.3) is 6.08 Å². The number of methoxy groups -OCH3 is 1. The van der Waals surface area contributed by atoms with Crippen LogP contribution in [0.1, 0.15) is 5.56 Å². The molecule has 1 aromatic heterocycles. The summed E-state index contributed by atoms with van der Waals surface area (Å²) in [4.78, 5) is 29.4. The quantitative estimate of drug-likeness (QED) is 0.180. The number of halogens is 1. The number of nitrogens with zero attached hydrogens (tertiary/aromatic N) is 3. The highest BCUT2D eigenvalue weighted by Crippen LogP contribution is 2.39. The molecule has 33 heavy (non-hydrogen) atoms. The van der Waals surface area contributed by atoms with Gasteiger partial charge in [0.2, 0.25) is 0 Å². The van der Waals surface area contributed by atoms with Gasteiger partial charge in [-0.25, -0.2) is 4.98 Å². The number of hydrogen-bond donors (Lipinski definition) is 0. The summed E-state index contributed by atoms with van der Waals surface area (Å²) >= 11 is 12.6. The van der Waals surface area contributed by atoms with Crippen molar-refractivity contribution in [2.75, 3.05) is 12.0 Å². The second-order valence-electron chi connectivity index (χ2n) is 6.59. The second-order valence-corrected chi connectivity index (χ2v) is 8.71. The van der Waals surface area contributed by atoms with Crippen LogP contribution in [0.2, 0.25) is 5.02 Å². The molecule has 1 aliphatic heterocycles. The Hall–Kier alpha value is -3.47. The van der Waals surface area contributed by atoms with Crippen LogP contribution in [0.4, 0.5) is 11.4 Å². The first-order chi connectivity index (χ1) is 15.9. The molecule has 166 valence electrons. The summed E-state index contributed by atoms with van der Waals surface area (Å²) < 4.78 is 11.4. The van der Waals surface area contributed by atoms with Crippen molar-refractivity contribution in [3.8, 4) is 17.4 Å². The molecule has 0 bridgehead atoms. The lowest BCUT2D eigenvalue weighted by Gasteiger charge is -2.14. The number of ether oxygens (including phenoxy) is 2. The number of anilines is 1. The predicted molar refractivity (Wildman–Crippen MR) is 131 cm³/mol. The Kier molecular flexibility index (Phi) is 6.59. The van der Waals surface area contributed by atoms with Crippen LogP contribution in [0, 0.1) is 10.1 Å². The SMILES string of the molecule is COc1cc(/C=C2/SC(=S)N(c3cccc(Cl)c3)C2=O)ccc1Oc1ncccc1[N+](=O)[O-]. The molecule has 2 heterocycles. The van der Waals surface area contributed by atoms with E-state index in [1.165, 1.54) is 42.1 Å². The third kappa shape index (κ3) is 4.82. The Labute approximate surface area is 202 Å². The van der Waals surface area contributed by atoms with Crippen LogP contribution in [-0.4, -0.2) is 27.2 Å². The van der Waals surface area contributed by atoms with Crippen LogP contribution in [0.15, 0.2) is 65.7 Å². The van der Waals surface area contributed by atoms with E-state index in [2.05, 4.69) is 4.98 Å². The summed E-state index contributed by atoms with van der Waals surface area (Å²) in [5.41, 5.74) is 0.973. The number of nitro groups is 1. The van der Waals surface area contributed by atoms with E-state index < -0.39 is 4.92 Å². The van der Waals surface area contributed by atoms with E-state index in [0.717, 1.165) is 0 Å². The highest BCUT2D eigenvalue weighted by molar-refractivity contribution is 8.27. The molecule has 4 rings (SSSR count). The Morgan fingerprint density at radius 2 is 2.00 bits per heavy atom. The highest BCUT2D eigenvalue weighted by atomic mass is 35.5. The molecule has 0 atom stereocenters. The van der Waals surface area contributed by atoms with E-state index >= 15 is 0 Å². The predicted octanol–water partition coefficient (Wildman–Crippen LogP) is 5.85. The highest BCUT2D eigenvalue weighted by Gasteiger charge is 2.33. The first kappa shape index (κ1) is 22.7. The lowest BCUT2D eigenvalue weighted by molar-refractivity contribution is -0.386. The summed E-state index contributed by atoms with van der Waals surface area (Å²) in [7, 11) is 1.44. The minimum atomic E-state index is -0.578. The van der Waals surface area contributed by atoms with Gasteiger partial charge in [0, 0.05) is 17.3 Å². The number of hydrogen-bond acceptors (Lipinski definition) is 8. The van der Waals surface area contributed by atoms with Crippen molar-refractivity contribution < 1.29 is 19.2 Å². The molecular weight excluding hydrogens is 486 g/mol. The minimum absolute atomic E-state index is 0.157. The van der Waals surface area contributed by atoms with E-state index in [1.807, 2.05) is 0 Å². The van der Waals surface area contributed by atoms with Crippen molar-refractivity contribution in [2.45, 2.75) is 0 Å². The number of rotatable bonds is 6. The summed E-state index contributed by atoms with van der Waals surface area (Å²) in [6, 6.07) is 14.6. The number of pyridine rings is 1. The van der Waals surface area contributed by atoms with Gasteiger partial charge in [-0.2, -0.15) is 0 Å². The fourth-order valence-corrected chi connectivity index (χ4v) is 4.50. The summed E-state index contributed by atoms with van der Waals surface area (Å²) in [6.45, 7) is 0. The van der Waals surface area contributed by atoms with Crippen LogP contribution < -0.4 is 14.4 Å². The average Bonchev–Trinajstić information content (AvgIpc) is 3.07. The maximum atomic E-state index is 13.0. The molecule has 0 spiro atoms. The lowest BCUT2D eigenvalue weighted by atomic mass is 10.1. The molecular formula is C22H14ClN3O5S2. The largest absolute Gasteiger partial charge is 0.493 e. The van der Waals surface area contributed by atoms with Gasteiger partial charge in [0.05, 0.1) is 22.6 Å². The Balaban J connectivity index is 1.61. The smallest absolute Gasteiger partial charge is 0.331 e. The van der Waals surface area contributed by atoms with Gasteiger partial charge in [-0.15, -0.1) is 0 Å². The van der Waals surface area contributed by atoms with E-state index in [9.17, 15) is 14.9 Å². The summed E-state index contributed by atoms with van der Waals surface area (Å²) in [5.74, 6) is 0.128. The number of amides is 1. The Morgan fingerprint density at radius 1 is 1.18 bits per heavy atom. The van der Waals surface area contributed by atoms with Crippen LogP contribution in [-0.2, 0) is 4.79 Å². The summed E-state index contributed by atoms with van der Waals surface area (Å²) in [6.07, 6.45) is 3.07. The van der Waals surface area contributed by atoms with Gasteiger partial charge in [0.15, 0.2) is 15.8 Å². The van der Waals surface area contributed by atoms with Crippen LogP contribution in [0.3, 0.4) is 0 Å². The second kappa shape index (κ2) is 9.57. The zero-order chi connectivity index (χ0) is 23.5. The normalized spacial score (nSPS) is 14.6. The zero-order valence-electron chi connectivity index (χ0n) is 16.9. The number of thioether (sulfide) groups is 1. The van der Waals surface area contributed by atoms with Crippen LogP contribution >= 0.6 is 35.6 Å². The number of aromatic nitrogens is 1. The third-order valence-corrected chi connectivity index (χ3v) is 6.04. The molecule has 11 heteroatoms. The van der Waals surface area contributed by atoms with E-state index in [1.54, 1.807) is 48.5 Å². The average molecular weight is 500 g/mol. The van der Waals surface area contributed by atoms with E-state index in [4.69, 9.17) is 33.3 Å². The Morgan fingerprint density at radius 3 is 2.73 bits per heavy atom. The summed E-state index contributed by atoms with van der Waals surface area (Å²) in [5, 5.41) is 11.7. The number of thiocarbonyl (C=S) groups is 1. The topological polar surface area (TPSA) is 94.8 Å². The molecule has 0 N–H and O–H groups in total. The van der Waals surface area contributed by atoms with E-state index in [-0.39, 0.29) is 23.2 Å². The minimum Gasteiger partial charge on any atom is -0.493 e. The van der Waals surface area contributed by atoms with E-state index in [0.29, 0.717) is 31.2 Å². The molecule has 1 aliphatic rings. The molecule has 1 amide bonds. The third-order valence-electron chi connectivity index (χ3n) is 4.50. The monoisotopic (exact) mass is 499 g/mol. The van der Waals surface area contributed by atoms with Crippen molar-refractivity contribution in [1.82, 2.24) is 4.98 Å². The molecule has 0 radical (unpaired) electrons. The molecule has 0 aliphatic carbocycles. The van der Waals surface area contributed by atoms with Crippen molar-refractivity contribution in [1.29, 1.82) is 0 Å². The maximum absolute atomic E-state index is 13.0. The lowest BCUT2D eigenvalue weighted by Crippen LogP contribution is -2.27. The van der Waals surface area contributed by atoms with Gasteiger partial charge in [-0.3, -0.25) is 19.8 Å². The number of benzene rings is 2. The van der Waals surface area contributed by atoms with Gasteiger partial charge in [0.25, 0.3) is 11.8 Å². The molecule has 1 saturated heterocycles. The van der Waals surface area contributed by atoms with Crippen molar-refractivity contribution in [3.63, 3.8) is 0 Å². The number of carbonyl (C=O) groups is 1. The standard InChI is InChI=1S/C22H14ClN3O5S2/c1-30-18-10-13(7-8-17(18)31-20-16(26(28)29)6-3-9-24-20)11-19-21(27)25(22(32)33-19)15-5-2-4-14(23)12-15/h2-12H,1H3/b19-11+. The van der Waals surface area contributed by atoms with Crippen molar-refractivity contribution in [2.24, 2.45) is 0 Å². The van der Waals surface area contributed by atoms with Gasteiger partial charge < -0.3 is 9.47 Å². The van der Waals surface area contributed by atoms with Crippen LogP contribution in [0.5, 0.6) is 17.4 Å². The molecule has 1 fully saturated rings. The fraction of sp³-hybridized carbons (Fsp3) is 0.0455. The molecule has 0 unspecified atom stereocenters.